The van der Waals surface area contributed by atoms with Gasteiger partial charge < -0.3 is 8.98 Å². The summed E-state index contributed by atoms with van der Waals surface area (Å²) in [5, 5.41) is 0. The third kappa shape index (κ3) is 3.02. The standard InChI is InChI=1S/C22H21FN2O2/c23-18-5-3-15(4-6-18)11-24-12-16-10-17(14-24)22-19(20-2-1-9-27-20)7-8-21(26)25(22)13-16/h1-9,16-17H,10-14H2/t16-,17+/m0/s1. The van der Waals surface area contributed by atoms with E-state index < -0.39 is 0 Å². The summed E-state index contributed by atoms with van der Waals surface area (Å²) < 4.78 is 20.8. The smallest absolute Gasteiger partial charge is 0.250 e. The molecule has 0 saturated carbocycles. The highest BCUT2D eigenvalue weighted by atomic mass is 19.1. The molecule has 4 heterocycles. The van der Waals surface area contributed by atoms with Crippen LogP contribution in [0.4, 0.5) is 4.39 Å². The highest BCUT2D eigenvalue weighted by molar-refractivity contribution is 5.61. The van der Waals surface area contributed by atoms with E-state index in [0.29, 0.717) is 11.8 Å². The van der Waals surface area contributed by atoms with Gasteiger partial charge in [-0.25, -0.2) is 4.39 Å². The van der Waals surface area contributed by atoms with Gasteiger partial charge in [0.05, 0.1) is 6.26 Å². The van der Waals surface area contributed by atoms with Crippen LogP contribution in [-0.4, -0.2) is 22.6 Å². The fraction of sp³-hybridized carbons (Fsp3) is 0.318. The van der Waals surface area contributed by atoms with Crippen molar-refractivity contribution in [2.24, 2.45) is 5.92 Å². The minimum atomic E-state index is -0.203. The fourth-order valence-electron chi connectivity index (χ4n) is 4.73. The lowest BCUT2D eigenvalue weighted by molar-refractivity contribution is 0.114. The topological polar surface area (TPSA) is 38.4 Å². The van der Waals surface area contributed by atoms with Gasteiger partial charge in [0.25, 0.3) is 5.56 Å². The van der Waals surface area contributed by atoms with Gasteiger partial charge in [-0.05, 0) is 48.2 Å². The predicted molar refractivity (Wildman–Crippen MR) is 101 cm³/mol. The summed E-state index contributed by atoms with van der Waals surface area (Å²) in [7, 11) is 0. The molecule has 2 aliphatic heterocycles. The van der Waals surface area contributed by atoms with Crippen molar-refractivity contribution in [1.82, 2.24) is 9.47 Å². The average molecular weight is 364 g/mol. The second-order valence-electron chi connectivity index (χ2n) is 7.68. The number of aromatic nitrogens is 1. The molecular weight excluding hydrogens is 343 g/mol. The van der Waals surface area contributed by atoms with Crippen LogP contribution in [0.3, 0.4) is 0 Å². The molecule has 3 aromatic rings. The molecule has 1 fully saturated rings. The molecule has 27 heavy (non-hydrogen) atoms. The maximum Gasteiger partial charge on any atom is 0.250 e. The molecule has 0 N–H and O–H groups in total. The first kappa shape index (κ1) is 16.5. The summed E-state index contributed by atoms with van der Waals surface area (Å²) in [4.78, 5) is 14.9. The van der Waals surface area contributed by atoms with Crippen LogP contribution in [0.5, 0.6) is 0 Å². The first-order valence-electron chi connectivity index (χ1n) is 9.42. The van der Waals surface area contributed by atoms with Crippen molar-refractivity contribution in [2.45, 2.75) is 25.4 Å². The monoisotopic (exact) mass is 364 g/mol. The van der Waals surface area contributed by atoms with Crippen LogP contribution < -0.4 is 5.56 Å². The van der Waals surface area contributed by atoms with Gasteiger partial charge in [0.1, 0.15) is 11.6 Å². The molecule has 1 aromatic carbocycles. The Kier molecular flexibility index (Phi) is 3.97. The highest BCUT2D eigenvalue weighted by Gasteiger charge is 2.36. The number of likely N-dealkylation sites (tertiary alicyclic amines) is 1. The molecule has 1 saturated heterocycles. The van der Waals surface area contributed by atoms with Gasteiger partial charge in [-0.15, -0.1) is 0 Å². The second-order valence-corrected chi connectivity index (χ2v) is 7.68. The van der Waals surface area contributed by atoms with E-state index in [1.807, 2.05) is 34.9 Å². The van der Waals surface area contributed by atoms with Gasteiger partial charge in [0.15, 0.2) is 0 Å². The third-order valence-corrected chi connectivity index (χ3v) is 5.77. The van der Waals surface area contributed by atoms with Crippen LogP contribution in [0, 0.1) is 11.7 Å². The molecular formula is C22H21FN2O2. The zero-order chi connectivity index (χ0) is 18.4. The van der Waals surface area contributed by atoms with Crippen molar-refractivity contribution in [3.05, 3.63) is 82.2 Å². The summed E-state index contributed by atoms with van der Waals surface area (Å²) in [6.45, 7) is 3.41. The maximum atomic E-state index is 13.2. The number of piperidine rings is 1. The second kappa shape index (κ2) is 6.50. The fourth-order valence-corrected chi connectivity index (χ4v) is 4.73. The van der Waals surface area contributed by atoms with Crippen molar-refractivity contribution >= 4 is 0 Å². The van der Waals surface area contributed by atoms with E-state index in [9.17, 15) is 9.18 Å². The SMILES string of the molecule is O=c1ccc(-c2ccco2)c2n1C[C@H]1C[C@@H]2CN(Cc2ccc(F)cc2)C1. The van der Waals surface area contributed by atoms with Gasteiger partial charge in [-0.1, -0.05) is 12.1 Å². The van der Waals surface area contributed by atoms with Crippen molar-refractivity contribution in [3.63, 3.8) is 0 Å². The molecule has 2 aromatic heterocycles. The van der Waals surface area contributed by atoms with Gasteiger partial charge in [0, 0.05) is 49.4 Å². The molecule has 5 rings (SSSR count). The van der Waals surface area contributed by atoms with Crippen molar-refractivity contribution < 1.29 is 8.81 Å². The molecule has 2 bridgehead atoms. The van der Waals surface area contributed by atoms with E-state index in [4.69, 9.17) is 4.42 Å². The molecule has 0 amide bonds. The Morgan fingerprint density at radius 3 is 2.67 bits per heavy atom. The van der Waals surface area contributed by atoms with Crippen LogP contribution in [0.25, 0.3) is 11.3 Å². The summed E-state index contributed by atoms with van der Waals surface area (Å²) >= 11 is 0. The molecule has 0 radical (unpaired) electrons. The van der Waals surface area contributed by atoms with Crippen molar-refractivity contribution in [2.75, 3.05) is 13.1 Å². The van der Waals surface area contributed by atoms with E-state index in [-0.39, 0.29) is 11.4 Å². The Labute approximate surface area is 156 Å². The zero-order valence-electron chi connectivity index (χ0n) is 15.0. The molecule has 4 nitrogen and oxygen atoms in total. The first-order valence-corrected chi connectivity index (χ1v) is 9.42. The van der Waals surface area contributed by atoms with Gasteiger partial charge in [0.2, 0.25) is 0 Å². The van der Waals surface area contributed by atoms with E-state index in [2.05, 4.69) is 4.90 Å². The molecule has 2 atom stereocenters. The first-order chi connectivity index (χ1) is 13.2. The van der Waals surface area contributed by atoms with Crippen LogP contribution >= 0.6 is 0 Å². The number of nitrogens with zero attached hydrogens (tertiary/aromatic N) is 2. The zero-order valence-corrected chi connectivity index (χ0v) is 15.0. The van der Waals surface area contributed by atoms with Gasteiger partial charge in [-0.3, -0.25) is 9.69 Å². The van der Waals surface area contributed by atoms with Gasteiger partial charge in [-0.2, -0.15) is 0 Å². The number of pyridine rings is 1. The maximum absolute atomic E-state index is 13.2. The summed E-state index contributed by atoms with van der Waals surface area (Å²) in [5.74, 6) is 1.37. The van der Waals surface area contributed by atoms with E-state index in [1.54, 1.807) is 12.3 Å². The lowest BCUT2D eigenvalue weighted by atomic mass is 9.81. The summed E-state index contributed by atoms with van der Waals surface area (Å²) in [6, 6.07) is 14.1. The number of hydrogen-bond donors (Lipinski definition) is 0. The normalized spacial score (nSPS) is 21.8. The third-order valence-electron chi connectivity index (χ3n) is 5.77. The number of fused-ring (bicyclic) bond motifs is 4. The van der Waals surface area contributed by atoms with Crippen molar-refractivity contribution in [3.8, 4) is 11.3 Å². The van der Waals surface area contributed by atoms with Crippen LogP contribution in [0.1, 0.15) is 23.6 Å². The Morgan fingerprint density at radius 1 is 1.04 bits per heavy atom. The van der Waals surface area contributed by atoms with Crippen LogP contribution in [-0.2, 0) is 13.1 Å². The number of halogens is 1. The molecule has 0 aliphatic carbocycles. The summed E-state index contributed by atoms with van der Waals surface area (Å²) in [5.41, 5.74) is 3.30. The number of benzene rings is 1. The van der Waals surface area contributed by atoms with E-state index in [1.165, 1.54) is 12.1 Å². The Balaban J connectivity index is 1.48. The Morgan fingerprint density at radius 2 is 1.89 bits per heavy atom. The molecule has 5 heteroatoms. The molecule has 138 valence electrons. The number of furan rings is 1. The molecule has 2 aliphatic rings. The van der Waals surface area contributed by atoms with Crippen LogP contribution in [0.15, 0.2) is 64.0 Å². The van der Waals surface area contributed by atoms with Crippen LogP contribution in [0.2, 0.25) is 0 Å². The summed E-state index contributed by atoms with van der Waals surface area (Å²) in [6.07, 6.45) is 2.77. The van der Waals surface area contributed by atoms with Gasteiger partial charge >= 0.3 is 0 Å². The lowest BCUT2D eigenvalue weighted by Crippen LogP contribution is -2.47. The van der Waals surface area contributed by atoms with Crippen molar-refractivity contribution in [1.29, 1.82) is 0 Å². The average Bonchev–Trinajstić information content (AvgIpc) is 3.19. The minimum absolute atomic E-state index is 0.0713. The molecule has 0 unspecified atom stereocenters. The number of hydrogen-bond acceptors (Lipinski definition) is 3. The lowest BCUT2D eigenvalue weighted by Gasteiger charge is -2.43. The Hall–Kier alpha value is -2.66. The van der Waals surface area contributed by atoms with E-state index in [0.717, 1.165) is 55.2 Å². The predicted octanol–water partition coefficient (Wildman–Crippen LogP) is 3.87. The quantitative estimate of drug-likeness (QED) is 0.708. The largest absolute Gasteiger partial charge is 0.464 e. The van der Waals surface area contributed by atoms with E-state index >= 15 is 0 Å². The number of rotatable bonds is 3. The Bertz CT molecular complexity index is 1010. The molecule has 0 spiro atoms. The minimum Gasteiger partial charge on any atom is -0.464 e. The highest BCUT2D eigenvalue weighted by Crippen LogP contribution is 2.40.